The van der Waals surface area contributed by atoms with Gasteiger partial charge < -0.3 is 15.8 Å². The second kappa shape index (κ2) is 6.68. The summed E-state index contributed by atoms with van der Waals surface area (Å²) in [7, 11) is 0. The van der Waals surface area contributed by atoms with Crippen LogP contribution in [0.3, 0.4) is 0 Å². The van der Waals surface area contributed by atoms with Gasteiger partial charge in [-0.3, -0.25) is 9.79 Å². The molecule has 1 heterocycles. The number of rotatable bonds is 6. The van der Waals surface area contributed by atoms with Crippen LogP contribution in [0, 0.1) is 0 Å². The zero-order chi connectivity index (χ0) is 11.1. The van der Waals surface area contributed by atoms with Crippen molar-refractivity contribution in [2.45, 2.75) is 18.6 Å². The lowest BCUT2D eigenvalue weighted by molar-refractivity contribution is -0.122. The van der Waals surface area contributed by atoms with Gasteiger partial charge in [-0.1, -0.05) is 18.7 Å². The lowest BCUT2D eigenvalue weighted by Gasteiger charge is -2.06. The van der Waals surface area contributed by atoms with Gasteiger partial charge in [-0.05, 0) is 6.42 Å². The molecule has 3 N–H and O–H groups in total. The molecule has 86 valence electrons. The lowest BCUT2D eigenvalue weighted by atomic mass is 10.3. The second-order valence-corrected chi connectivity index (χ2v) is 4.53. The van der Waals surface area contributed by atoms with Gasteiger partial charge in [0.2, 0.25) is 5.91 Å². The summed E-state index contributed by atoms with van der Waals surface area (Å²) in [5.41, 5.74) is 4.92. The molecular formula is C9H17N3O2S. The minimum Gasteiger partial charge on any atom is -0.370 e. The van der Waals surface area contributed by atoms with E-state index in [1.54, 1.807) is 11.8 Å². The van der Waals surface area contributed by atoms with E-state index in [0.717, 1.165) is 18.1 Å². The zero-order valence-electron chi connectivity index (χ0n) is 8.86. The van der Waals surface area contributed by atoms with Gasteiger partial charge in [0, 0.05) is 11.8 Å². The Bertz CT molecular complexity index is 246. The van der Waals surface area contributed by atoms with Crippen LogP contribution >= 0.6 is 11.8 Å². The van der Waals surface area contributed by atoms with Crippen LogP contribution in [0.1, 0.15) is 13.3 Å². The van der Waals surface area contributed by atoms with Gasteiger partial charge in [0.15, 0.2) is 5.17 Å². The summed E-state index contributed by atoms with van der Waals surface area (Å²) < 4.78 is 5.01. The Kier molecular flexibility index (Phi) is 5.49. The fraction of sp³-hybridized carbons (Fsp3) is 0.778. The van der Waals surface area contributed by atoms with E-state index in [2.05, 4.69) is 17.2 Å². The van der Waals surface area contributed by atoms with E-state index in [0.29, 0.717) is 18.4 Å². The van der Waals surface area contributed by atoms with Crippen molar-refractivity contribution >= 4 is 22.8 Å². The first kappa shape index (κ1) is 12.3. The van der Waals surface area contributed by atoms with Crippen molar-refractivity contribution in [1.29, 1.82) is 0 Å². The molecule has 0 aromatic heterocycles. The van der Waals surface area contributed by atoms with E-state index in [1.165, 1.54) is 0 Å². The first-order chi connectivity index (χ1) is 7.22. The van der Waals surface area contributed by atoms with Gasteiger partial charge >= 0.3 is 0 Å². The standard InChI is InChI=1S/C9H17N3O2S/c1-2-7-5-12-9(15-7)11-3-4-14-6-8(10)13/h7H,2-6H2,1H3,(H2,10,13)(H,11,12). The molecule has 0 aromatic rings. The van der Waals surface area contributed by atoms with Crippen molar-refractivity contribution in [1.82, 2.24) is 5.32 Å². The molecule has 0 saturated heterocycles. The third-order valence-electron chi connectivity index (χ3n) is 1.94. The van der Waals surface area contributed by atoms with Gasteiger partial charge in [-0.2, -0.15) is 0 Å². The van der Waals surface area contributed by atoms with Crippen LogP contribution in [-0.2, 0) is 9.53 Å². The topological polar surface area (TPSA) is 76.7 Å². The number of ether oxygens (including phenoxy) is 1. The number of carbonyl (C=O) groups is 1. The zero-order valence-corrected chi connectivity index (χ0v) is 9.68. The molecule has 1 aliphatic heterocycles. The summed E-state index contributed by atoms with van der Waals surface area (Å²) >= 11 is 1.77. The van der Waals surface area contributed by atoms with Crippen molar-refractivity contribution in [2.24, 2.45) is 10.7 Å². The average molecular weight is 231 g/mol. The number of nitrogens with one attached hydrogen (secondary N) is 1. The Balaban J connectivity index is 1.99. The predicted molar refractivity (Wildman–Crippen MR) is 62.0 cm³/mol. The fourth-order valence-corrected chi connectivity index (χ4v) is 2.10. The highest BCUT2D eigenvalue weighted by atomic mass is 32.2. The maximum atomic E-state index is 10.3. The molecule has 6 heteroatoms. The third kappa shape index (κ3) is 5.03. The van der Waals surface area contributed by atoms with Crippen LogP contribution in [0.5, 0.6) is 0 Å². The highest BCUT2D eigenvalue weighted by Gasteiger charge is 2.16. The minimum absolute atomic E-state index is 0.0150. The summed E-state index contributed by atoms with van der Waals surface area (Å²) in [6.45, 7) is 4.17. The molecule has 0 aliphatic carbocycles. The number of aliphatic imine (C=N–C) groups is 1. The van der Waals surface area contributed by atoms with Gasteiger partial charge in [0.1, 0.15) is 6.61 Å². The van der Waals surface area contributed by atoms with Crippen LogP contribution in [0.15, 0.2) is 4.99 Å². The van der Waals surface area contributed by atoms with Crippen molar-refractivity contribution in [2.75, 3.05) is 26.3 Å². The smallest absolute Gasteiger partial charge is 0.243 e. The fourth-order valence-electron chi connectivity index (χ4n) is 1.13. The highest BCUT2D eigenvalue weighted by molar-refractivity contribution is 8.14. The molecular weight excluding hydrogens is 214 g/mol. The Labute approximate surface area is 93.8 Å². The van der Waals surface area contributed by atoms with Crippen LogP contribution in [-0.4, -0.2) is 42.6 Å². The van der Waals surface area contributed by atoms with E-state index in [9.17, 15) is 4.79 Å². The molecule has 1 aliphatic rings. The molecule has 0 aromatic carbocycles. The number of primary amides is 1. The summed E-state index contributed by atoms with van der Waals surface area (Å²) in [5.74, 6) is -0.436. The van der Waals surface area contributed by atoms with Gasteiger partial charge in [0.05, 0.1) is 13.2 Å². The molecule has 1 atom stereocenters. The number of nitrogens with two attached hydrogens (primary N) is 1. The monoisotopic (exact) mass is 231 g/mol. The minimum atomic E-state index is -0.436. The quantitative estimate of drug-likeness (QED) is 0.629. The first-order valence-electron chi connectivity index (χ1n) is 5.03. The summed E-state index contributed by atoms with van der Waals surface area (Å²) in [4.78, 5) is 14.7. The van der Waals surface area contributed by atoms with E-state index in [4.69, 9.17) is 10.5 Å². The first-order valence-corrected chi connectivity index (χ1v) is 5.91. The molecule has 1 amide bonds. The van der Waals surface area contributed by atoms with Crippen LogP contribution in [0.25, 0.3) is 0 Å². The number of thioether (sulfide) groups is 1. The Morgan fingerprint density at radius 2 is 2.60 bits per heavy atom. The number of hydrogen-bond acceptors (Lipinski definition) is 5. The molecule has 0 bridgehead atoms. The highest BCUT2D eigenvalue weighted by Crippen LogP contribution is 2.21. The maximum Gasteiger partial charge on any atom is 0.243 e. The molecule has 5 nitrogen and oxygen atoms in total. The second-order valence-electron chi connectivity index (χ2n) is 3.24. The normalized spacial score (nSPS) is 20.1. The summed E-state index contributed by atoms with van der Waals surface area (Å²) in [5, 5.41) is 4.74. The summed E-state index contributed by atoms with van der Waals surface area (Å²) in [6, 6.07) is 0. The number of hydrogen-bond donors (Lipinski definition) is 2. The van der Waals surface area contributed by atoms with E-state index >= 15 is 0 Å². The van der Waals surface area contributed by atoms with E-state index in [-0.39, 0.29) is 6.61 Å². The molecule has 0 saturated carbocycles. The average Bonchev–Trinajstić information content (AvgIpc) is 2.65. The van der Waals surface area contributed by atoms with Gasteiger partial charge in [-0.15, -0.1) is 0 Å². The third-order valence-corrected chi connectivity index (χ3v) is 3.25. The van der Waals surface area contributed by atoms with Crippen molar-refractivity contribution < 1.29 is 9.53 Å². The van der Waals surface area contributed by atoms with E-state index < -0.39 is 5.91 Å². The molecule has 1 unspecified atom stereocenters. The lowest BCUT2D eigenvalue weighted by Crippen LogP contribution is -2.26. The SMILES string of the molecule is CCC1CN=C(NCCOCC(N)=O)S1. The number of amides is 1. The Hall–Kier alpha value is -0.750. The van der Waals surface area contributed by atoms with Crippen LogP contribution in [0.2, 0.25) is 0 Å². The molecule has 1 rings (SSSR count). The Morgan fingerprint density at radius 1 is 1.80 bits per heavy atom. The van der Waals surface area contributed by atoms with E-state index in [1.807, 2.05) is 0 Å². The van der Waals surface area contributed by atoms with Crippen LogP contribution < -0.4 is 11.1 Å². The Morgan fingerprint density at radius 3 is 3.20 bits per heavy atom. The molecule has 0 spiro atoms. The van der Waals surface area contributed by atoms with Crippen LogP contribution in [0.4, 0.5) is 0 Å². The van der Waals surface area contributed by atoms with Gasteiger partial charge in [-0.25, -0.2) is 0 Å². The number of nitrogens with zero attached hydrogens (tertiary/aromatic N) is 1. The van der Waals surface area contributed by atoms with Crippen molar-refractivity contribution in [3.05, 3.63) is 0 Å². The van der Waals surface area contributed by atoms with Crippen molar-refractivity contribution in [3.8, 4) is 0 Å². The number of carbonyl (C=O) groups excluding carboxylic acids is 1. The number of amidine groups is 1. The predicted octanol–water partition coefficient (Wildman–Crippen LogP) is -0.0407. The van der Waals surface area contributed by atoms with Crippen molar-refractivity contribution in [3.63, 3.8) is 0 Å². The summed E-state index contributed by atoms with van der Waals surface area (Å²) in [6.07, 6.45) is 1.14. The molecule has 0 radical (unpaired) electrons. The maximum absolute atomic E-state index is 10.3. The molecule has 0 fully saturated rings. The largest absolute Gasteiger partial charge is 0.370 e. The van der Waals surface area contributed by atoms with Gasteiger partial charge in [0.25, 0.3) is 0 Å². The molecule has 15 heavy (non-hydrogen) atoms.